The van der Waals surface area contributed by atoms with Gasteiger partial charge in [0, 0.05) is 20.1 Å². The van der Waals surface area contributed by atoms with E-state index in [-0.39, 0.29) is 0 Å². The Bertz CT molecular complexity index is 574. The third-order valence-electron chi connectivity index (χ3n) is 3.82. The van der Waals surface area contributed by atoms with E-state index in [9.17, 15) is 4.79 Å². The molecule has 0 fully saturated rings. The molecular formula is C17H23ClN2O3. The number of ether oxygens (including phenoxy) is 1. The number of rotatable bonds is 8. The van der Waals surface area contributed by atoms with Crippen molar-refractivity contribution in [3.63, 3.8) is 0 Å². The second-order valence-electron chi connectivity index (χ2n) is 5.84. The van der Waals surface area contributed by atoms with E-state index in [1.54, 1.807) is 19.2 Å². The van der Waals surface area contributed by atoms with E-state index >= 15 is 0 Å². The molecule has 1 aliphatic rings. The minimum absolute atomic E-state index is 0.293. The van der Waals surface area contributed by atoms with Gasteiger partial charge in [-0.15, -0.1) is 0 Å². The molecule has 1 aromatic carbocycles. The summed E-state index contributed by atoms with van der Waals surface area (Å²) in [4.78, 5) is 17.0. The number of carbonyl (C=O) groups is 1. The van der Waals surface area contributed by atoms with Gasteiger partial charge in [-0.05, 0) is 24.1 Å². The average Bonchev–Trinajstić information content (AvgIpc) is 2.82. The molecule has 0 amide bonds. The van der Waals surface area contributed by atoms with Crippen LogP contribution in [0.5, 0.6) is 0 Å². The van der Waals surface area contributed by atoms with Crippen LogP contribution in [-0.2, 0) is 11.3 Å². The molecular weight excluding hydrogens is 316 g/mol. The SMILES string of the molecule is CCCCC1=NC(Cl)(COC)CN1Cc1ccc(C(=O)O)cc1. The largest absolute Gasteiger partial charge is 0.478 e. The zero-order chi connectivity index (χ0) is 16.9. The minimum atomic E-state index is -0.914. The monoisotopic (exact) mass is 338 g/mol. The lowest BCUT2D eigenvalue weighted by atomic mass is 10.1. The summed E-state index contributed by atoms with van der Waals surface area (Å²) >= 11 is 6.54. The standard InChI is InChI=1S/C17H23ClN2O3/c1-3-4-5-15-19-17(18,12-23-2)11-20(15)10-13-6-8-14(9-7-13)16(21)22/h6-9H,3-5,10-12H2,1-2H3,(H,21,22). The van der Waals surface area contributed by atoms with Crippen LogP contribution in [0, 0.1) is 0 Å². The van der Waals surface area contributed by atoms with E-state index in [4.69, 9.17) is 21.4 Å². The molecule has 0 saturated heterocycles. The maximum Gasteiger partial charge on any atom is 0.335 e. The van der Waals surface area contributed by atoms with Crippen LogP contribution in [0.2, 0.25) is 0 Å². The van der Waals surface area contributed by atoms with E-state index in [1.165, 1.54) is 0 Å². The number of aliphatic imine (C=N–C) groups is 1. The van der Waals surface area contributed by atoms with Crippen molar-refractivity contribution < 1.29 is 14.6 Å². The van der Waals surface area contributed by atoms with Crippen LogP contribution in [0.3, 0.4) is 0 Å². The van der Waals surface area contributed by atoms with Crippen molar-refractivity contribution in [1.29, 1.82) is 0 Å². The normalized spacial score (nSPS) is 20.7. The number of nitrogens with zero attached hydrogens (tertiary/aromatic N) is 2. The van der Waals surface area contributed by atoms with Gasteiger partial charge in [-0.2, -0.15) is 0 Å². The highest BCUT2D eigenvalue weighted by atomic mass is 35.5. The molecule has 23 heavy (non-hydrogen) atoms. The second kappa shape index (κ2) is 7.79. The maximum atomic E-state index is 10.9. The van der Waals surface area contributed by atoms with Crippen molar-refractivity contribution in [2.24, 2.45) is 4.99 Å². The Morgan fingerprint density at radius 1 is 1.43 bits per heavy atom. The molecule has 0 aromatic heterocycles. The number of hydrogen-bond donors (Lipinski definition) is 1. The van der Waals surface area contributed by atoms with Crippen molar-refractivity contribution in [3.05, 3.63) is 35.4 Å². The first-order chi connectivity index (χ1) is 11.0. The summed E-state index contributed by atoms with van der Waals surface area (Å²) in [7, 11) is 1.62. The molecule has 0 bridgehead atoms. The van der Waals surface area contributed by atoms with Crippen LogP contribution >= 0.6 is 11.6 Å². The maximum absolute atomic E-state index is 10.9. The van der Waals surface area contributed by atoms with Crippen LogP contribution in [0.1, 0.15) is 42.1 Å². The number of alkyl halides is 1. The summed E-state index contributed by atoms with van der Waals surface area (Å²) in [6.45, 7) is 3.79. The van der Waals surface area contributed by atoms with Crippen LogP contribution in [0.25, 0.3) is 0 Å². The van der Waals surface area contributed by atoms with E-state index in [1.807, 2.05) is 12.1 Å². The van der Waals surface area contributed by atoms with Gasteiger partial charge in [0.1, 0.15) is 5.84 Å². The number of halogens is 1. The number of carboxylic acids is 1. The van der Waals surface area contributed by atoms with Crippen molar-refractivity contribution in [2.45, 2.75) is 37.7 Å². The molecule has 1 aliphatic heterocycles. The highest BCUT2D eigenvalue weighted by molar-refractivity contribution is 6.25. The van der Waals surface area contributed by atoms with E-state index in [0.717, 1.165) is 30.7 Å². The average molecular weight is 339 g/mol. The number of hydrogen-bond acceptors (Lipinski definition) is 4. The predicted octanol–water partition coefficient (Wildman–Crippen LogP) is 3.37. The molecule has 1 heterocycles. The third-order valence-corrected chi connectivity index (χ3v) is 4.13. The Balaban J connectivity index is 2.10. The van der Waals surface area contributed by atoms with Crippen LogP contribution < -0.4 is 0 Å². The first kappa shape index (κ1) is 17.8. The second-order valence-corrected chi connectivity index (χ2v) is 6.54. The van der Waals surface area contributed by atoms with Crippen LogP contribution in [-0.4, -0.2) is 47.1 Å². The zero-order valence-corrected chi connectivity index (χ0v) is 14.3. The molecule has 0 spiro atoms. The van der Waals surface area contributed by atoms with Crippen molar-refractivity contribution in [3.8, 4) is 0 Å². The summed E-state index contributed by atoms with van der Waals surface area (Å²) in [5, 5.41) is 8.97. The first-order valence-electron chi connectivity index (χ1n) is 7.81. The summed E-state index contributed by atoms with van der Waals surface area (Å²) in [6.07, 6.45) is 3.05. The number of benzene rings is 1. The molecule has 1 unspecified atom stereocenters. The highest BCUT2D eigenvalue weighted by Crippen LogP contribution is 2.29. The number of aromatic carboxylic acids is 1. The topological polar surface area (TPSA) is 62.1 Å². The molecule has 1 N–H and O–H groups in total. The number of amidine groups is 1. The van der Waals surface area contributed by atoms with Gasteiger partial charge in [-0.1, -0.05) is 37.1 Å². The predicted molar refractivity (Wildman–Crippen MR) is 91.2 cm³/mol. The summed E-state index contributed by atoms with van der Waals surface area (Å²) in [6, 6.07) is 6.93. The van der Waals surface area contributed by atoms with Gasteiger partial charge in [0.2, 0.25) is 0 Å². The molecule has 0 saturated carbocycles. The van der Waals surface area contributed by atoms with E-state index < -0.39 is 11.0 Å². The van der Waals surface area contributed by atoms with Gasteiger partial charge in [-0.3, -0.25) is 0 Å². The van der Waals surface area contributed by atoms with Crippen LogP contribution in [0.15, 0.2) is 29.3 Å². The molecule has 1 atom stereocenters. The van der Waals surface area contributed by atoms with Gasteiger partial charge >= 0.3 is 5.97 Å². The Morgan fingerprint density at radius 3 is 2.70 bits per heavy atom. The summed E-state index contributed by atoms with van der Waals surface area (Å²) in [5.74, 6) is 0.0870. The lowest BCUT2D eigenvalue weighted by molar-refractivity contribution is 0.0697. The van der Waals surface area contributed by atoms with Crippen LogP contribution in [0.4, 0.5) is 0 Å². The Labute approximate surface area is 141 Å². The van der Waals surface area contributed by atoms with E-state index in [2.05, 4.69) is 16.8 Å². The minimum Gasteiger partial charge on any atom is -0.478 e. The Kier molecular flexibility index (Phi) is 6.02. The van der Waals surface area contributed by atoms with Crippen molar-refractivity contribution >= 4 is 23.4 Å². The fourth-order valence-electron chi connectivity index (χ4n) is 2.69. The number of methoxy groups -OCH3 is 1. The zero-order valence-electron chi connectivity index (χ0n) is 13.6. The summed E-state index contributed by atoms with van der Waals surface area (Å²) < 4.78 is 5.19. The van der Waals surface area contributed by atoms with Gasteiger partial charge in [0.15, 0.2) is 5.00 Å². The molecule has 1 aromatic rings. The van der Waals surface area contributed by atoms with Gasteiger partial charge < -0.3 is 14.7 Å². The fourth-order valence-corrected chi connectivity index (χ4v) is 3.04. The van der Waals surface area contributed by atoms with Gasteiger partial charge in [-0.25, -0.2) is 9.79 Å². The molecule has 0 radical (unpaired) electrons. The molecule has 0 aliphatic carbocycles. The van der Waals surface area contributed by atoms with Gasteiger partial charge in [0.05, 0.1) is 18.7 Å². The van der Waals surface area contributed by atoms with Crippen molar-refractivity contribution in [2.75, 3.05) is 20.3 Å². The third kappa shape index (κ3) is 4.69. The number of carboxylic acid groups (broad SMARTS) is 1. The lowest BCUT2D eigenvalue weighted by Gasteiger charge is -2.23. The fraction of sp³-hybridized carbons (Fsp3) is 0.529. The molecule has 126 valence electrons. The smallest absolute Gasteiger partial charge is 0.335 e. The van der Waals surface area contributed by atoms with E-state index in [0.29, 0.717) is 25.3 Å². The molecule has 2 rings (SSSR count). The van der Waals surface area contributed by atoms with Crippen molar-refractivity contribution in [1.82, 2.24) is 4.90 Å². The number of unbranched alkanes of at least 4 members (excludes halogenated alkanes) is 1. The highest BCUT2D eigenvalue weighted by Gasteiger charge is 2.37. The molecule has 5 nitrogen and oxygen atoms in total. The molecule has 6 heteroatoms. The lowest BCUT2D eigenvalue weighted by Crippen LogP contribution is -2.35. The summed E-state index contributed by atoms with van der Waals surface area (Å²) in [5.41, 5.74) is 1.33. The Hall–Kier alpha value is -1.59. The quantitative estimate of drug-likeness (QED) is 0.583. The Morgan fingerprint density at radius 2 is 2.13 bits per heavy atom. The first-order valence-corrected chi connectivity index (χ1v) is 8.19. The van der Waals surface area contributed by atoms with Gasteiger partial charge in [0.25, 0.3) is 0 Å².